The Bertz CT molecular complexity index is 357. The van der Waals surface area contributed by atoms with Gasteiger partial charge in [0.1, 0.15) is 0 Å². The van der Waals surface area contributed by atoms with Crippen molar-refractivity contribution in [3.63, 3.8) is 0 Å². The molecule has 0 radical (unpaired) electrons. The molecule has 1 aromatic rings. The van der Waals surface area contributed by atoms with Gasteiger partial charge < -0.3 is 4.90 Å². The minimum Gasteiger partial charge on any atom is -0.371 e. The summed E-state index contributed by atoms with van der Waals surface area (Å²) in [6, 6.07) is 6.79. The van der Waals surface area contributed by atoms with Gasteiger partial charge in [-0.3, -0.25) is 4.31 Å². The maximum Gasteiger partial charge on any atom is 0.0396 e. The Hall–Kier alpha value is -0.670. The first kappa shape index (κ1) is 11.8. The Labute approximate surface area is 103 Å². The van der Waals surface area contributed by atoms with E-state index in [9.17, 15) is 0 Å². The third-order valence-electron chi connectivity index (χ3n) is 2.90. The molecule has 88 valence electrons. The molecule has 0 N–H and O–H groups in total. The average Bonchev–Trinajstić information content (AvgIpc) is 2.69. The first-order chi connectivity index (χ1) is 7.66. The minimum atomic E-state index is 1.22. The van der Waals surface area contributed by atoms with Crippen molar-refractivity contribution in [1.82, 2.24) is 4.31 Å². The largest absolute Gasteiger partial charge is 0.371 e. The summed E-state index contributed by atoms with van der Waals surface area (Å²) >= 11 is 1.78. The highest BCUT2D eigenvalue weighted by Gasteiger charge is 2.14. The monoisotopic (exact) mass is 236 g/mol. The Kier molecular flexibility index (Phi) is 3.77. The van der Waals surface area contributed by atoms with Crippen LogP contribution in [0.3, 0.4) is 0 Å². The van der Waals surface area contributed by atoms with Gasteiger partial charge in [0.05, 0.1) is 0 Å². The van der Waals surface area contributed by atoms with Crippen LogP contribution in [0.2, 0.25) is 0 Å². The van der Waals surface area contributed by atoms with Crippen molar-refractivity contribution in [2.45, 2.75) is 24.7 Å². The van der Waals surface area contributed by atoms with E-state index >= 15 is 0 Å². The topological polar surface area (TPSA) is 6.48 Å². The molecule has 3 heteroatoms. The number of hydrogen-bond acceptors (Lipinski definition) is 3. The van der Waals surface area contributed by atoms with Gasteiger partial charge >= 0.3 is 0 Å². The van der Waals surface area contributed by atoms with Gasteiger partial charge in [0.2, 0.25) is 0 Å². The molecule has 1 aromatic carbocycles. The van der Waals surface area contributed by atoms with Crippen LogP contribution in [0.1, 0.15) is 18.4 Å². The van der Waals surface area contributed by atoms with Crippen LogP contribution in [-0.2, 0) is 0 Å². The van der Waals surface area contributed by atoms with E-state index in [-0.39, 0.29) is 0 Å². The molecular formula is C13H20N2S. The van der Waals surface area contributed by atoms with Crippen molar-refractivity contribution in [1.29, 1.82) is 0 Å². The van der Waals surface area contributed by atoms with E-state index in [1.54, 1.807) is 11.9 Å². The molecule has 0 bridgehead atoms. The molecule has 2 rings (SSSR count). The third-order valence-corrected chi connectivity index (χ3v) is 3.73. The summed E-state index contributed by atoms with van der Waals surface area (Å²) < 4.78 is 2.13. The zero-order valence-electron chi connectivity index (χ0n) is 10.4. The second-order valence-electron chi connectivity index (χ2n) is 4.55. The van der Waals surface area contributed by atoms with Crippen molar-refractivity contribution >= 4 is 17.6 Å². The average molecular weight is 236 g/mol. The summed E-state index contributed by atoms with van der Waals surface area (Å²) in [6.45, 7) is 4.66. The van der Waals surface area contributed by atoms with Crippen LogP contribution in [0.15, 0.2) is 23.1 Å². The fourth-order valence-corrected chi connectivity index (χ4v) is 2.99. The summed E-state index contributed by atoms with van der Waals surface area (Å²) in [5.74, 6) is 0. The van der Waals surface area contributed by atoms with Gasteiger partial charge in [0.25, 0.3) is 0 Å². The molecule has 0 saturated carbocycles. The molecule has 0 aromatic heterocycles. The lowest BCUT2D eigenvalue weighted by Gasteiger charge is -2.21. The maximum atomic E-state index is 2.50. The number of aryl methyl sites for hydroxylation is 1. The van der Waals surface area contributed by atoms with Crippen LogP contribution in [0.25, 0.3) is 0 Å². The molecule has 1 fully saturated rings. The summed E-state index contributed by atoms with van der Waals surface area (Å²) in [6.07, 6.45) is 2.68. The smallest absolute Gasteiger partial charge is 0.0396 e. The molecular weight excluding hydrogens is 216 g/mol. The molecule has 1 aliphatic rings. The van der Waals surface area contributed by atoms with Gasteiger partial charge in [0.15, 0.2) is 0 Å². The standard InChI is InChI=1S/C13H20N2S/c1-11-10-12(16-14(2)3)6-7-13(11)15-8-4-5-9-15/h6-7,10H,4-5,8-9H2,1-3H3. The number of hydrogen-bond donors (Lipinski definition) is 0. The van der Waals surface area contributed by atoms with Gasteiger partial charge in [-0.05, 0) is 69.6 Å². The second-order valence-corrected chi connectivity index (χ2v) is 5.93. The Morgan fingerprint density at radius 1 is 1.19 bits per heavy atom. The summed E-state index contributed by atoms with van der Waals surface area (Å²) in [5, 5.41) is 0. The Balaban J connectivity index is 2.15. The fraction of sp³-hybridized carbons (Fsp3) is 0.538. The van der Waals surface area contributed by atoms with E-state index in [2.05, 4.69) is 48.4 Å². The zero-order chi connectivity index (χ0) is 11.5. The quantitative estimate of drug-likeness (QED) is 0.744. The number of nitrogens with zero attached hydrogens (tertiary/aromatic N) is 2. The molecule has 16 heavy (non-hydrogen) atoms. The predicted molar refractivity (Wildman–Crippen MR) is 72.2 cm³/mol. The van der Waals surface area contributed by atoms with Gasteiger partial charge in [-0.15, -0.1) is 0 Å². The van der Waals surface area contributed by atoms with Crippen molar-refractivity contribution in [2.75, 3.05) is 32.1 Å². The number of benzene rings is 1. The molecule has 1 heterocycles. The Morgan fingerprint density at radius 3 is 2.44 bits per heavy atom. The molecule has 0 aliphatic carbocycles. The predicted octanol–water partition coefficient (Wildman–Crippen LogP) is 3.16. The molecule has 0 unspecified atom stereocenters. The second kappa shape index (κ2) is 5.11. The highest BCUT2D eigenvalue weighted by Crippen LogP contribution is 2.29. The highest BCUT2D eigenvalue weighted by molar-refractivity contribution is 7.97. The van der Waals surface area contributed by atoms with E-state index < -0.39 is 0 Å². The van der Waals surface area contributed by atoms with Crippen molar-refractivity contribution < 1.29 is 0 Å². The molecule has 2 nitrogen and oxygen atoms in total. The first-order valence-corrected chi connectivity index (χ1v) is 6.65. The van der Waals surface area contributed by atoms with Crippen LogP contribution >= 0.6 is 11.9 Å². The molecule has 0 atom stereocenters. The molecule has 1 saturated heterocycles. The Morgan fingerprint density at radius 2 is 1.88 bits per heavy atom. The van der Waals surface area contributed by atoms with Gasteiger partial charge in [0, 0.05) is 23.7 Å². The van der Waals surface area contributed by atoms with Crippen LogP contribution < -0.4 is 4.90 Å². The zero-order valence-corrected chi connectivity index (χ0v) is 11.2. The SMILES string of the molecule is Cc1cc(SN(C)C)ccc1N1CCCC1. The van der Waals surface area contributed by atoms with Crippen LogP contribution in [0.4, 0.5) is 5.69 Å². The van der Waals surface area contributed by atoms with Crippen LogP contribution in [0, 0.1) is 6.92 Å². The van der Waals surface area contributed by atoms with E-state index in [1.165, 1.54) is 42.1 Å². The van der Waals surface area contributed by atoms with Crippen LogP contribution in [-0.4, -0.2) is 31.5 Å². The molecule has 1 aliphatic heterocycles. The van der Waals surface area contributed by atoms with Gasteiger partial charge in [-0.1, -0.05) is 0 Å². The summed E-state index contributed by atoms with van der Waals surface area (Å²) in [5.41, 5.74) is 2.81. The molecule has 0 spiro atoms. The maximum absolute atomic E-state index is 2.50. The van der Waals surface area contributed by atoms with E-state index in [1.807, 2.05) is 0 Å². The lowest BCUT2D eigenvalue weighted by Crippen LogP contribution is -2.18. The van der Waals surface area contributed by atoms with Crippen LogP contribution in [0.5, 0.6) is 0 Å². The fourth-order valence-electron chi connectivity index (χ4n) is 2.21. The van der Waals surface area contributed by atoms with E-state index in [0.717, 1.165) is 0 Å². The van der Waals surface area contributed by atoms with E-state index in [0.29, 0.717) is 0 Å². The van der Waals surface area contributed by atoms with Crippen molar-refractivity contribution in [3.8, 4) is 0 Å². The van der Waals surface area contributed by atoms with Crippen molar-refractivity contribution in [3.05, 3.63) is 23.8 Å². The summed E-state index contributed by atoms with van der Waals surface area (Å²) in [7, 11) is 4.16. The lowest BCUT2D eigenvalue weighted by molar-refractivity contribution is 0.702. The third kappa shape index (κ3) is 2.71. The highest BCUT2D eigenvalue weighted by atomic mass is 32.2. The number of anilines is 1. The lowest BCUT2D eigenvalue weighted by atomic mass is 10.2. The number of rotatable bonds is 3. The minimum absolute atomic E-state index is 1.22. The van der Waals surface area contributed by atoms with Gasteiger partial charge in [-0.2, -0.15) is 0 Å². The normalized spacial score (nSPS) is 16.1. The van der Waals surface area contributed by atoms with Gasteiger partial charge in [-0.25, -0.2) is 0 Å². The molecule has 0 amide bonds. The summed E-state index contributed by atoms with van der Waals surface area (Å²) in [4.78, 5) is 3.82. The first-order valence-electron chi connectivity index (χ1n) is 5.88. The van der Waals surface area contributed by atoms with Crippen molar-refractivity contribution in [2.24, 2.45) is 0 Å². The van der Waals surface area contributed by atoms with E-state index in [4.69, 9.17) is 0 Å².